The Balaban J connectivity index is 1.44. The number of nitrogens with zero attached hydrogens (tertiary/aromatic N) is 2. The van der Waals surface area contributed by atoms with Crippen LogP contribution in [0.25, 0.3) is 0 Å². The van der Waals surface area contributed by atoms with Crippen LogP contribution in [0.15, 0.2) is 59.5 Å². The number of halogens is 1. The second-order valence-electron chi connectivity index (χ2n) is 6.81. The van der Waals surface area contributed by atoms with Gasteiger partial charge in [-0.05, 0) is 49.3 Å². The Labute approximate surface area is 167 Å². The number of hydrogen-bond acceptors (Lipinski definition) is 4. The first-order valence-electron chi connectivity index (χ1n) is 9.27. The maximum atomic E-state index is 12.3. The van der Waals surface area contributed by atoms with Crippen molar-refractivity contribution in [1.82, 2.24) is 14.5 Å². The molecule has 0 bridgehead atoms. The van der Waals surface area contributed by atoms with Crippen molar-refractivity contribution in [2.75, 3.05) is 39.3 Å². The second kappa shape index (κ2) is 9.66. The maximum absolute atomic E-state index is 12.3. The molecule has 5 nitrogen and oxygen atoms in total. The fourth-order valence-corrected chi connectivity index (χ4v) is 4.44. The largest absolute Gasteiger partial charge is 0.301 e. The predicted molar refractivity (Wildman–Crippen MR) is 109 cm³/mol. The lowest BCUT2D eigenvalue weighted by Gasteiger charge is -2.22. The first-order valence-corrected chi connectivity index (χ1v) is 11.1. The maximum Gasteiger partial charge on any atom is 0.240 e. The number of nitrogens with one attached hydrogen (secondary N) is 1. The summed E-state index contributed by atoms with van der Waals surface area (Å²) in [6, 6.07) is 16.5. The van der Waals surface area contributed by atoms with E-state index in [9.17, 15) is 8.42 Å². The SMILES string of the molecule is O=S(=O)(NCCN1CCCN(Cc2ccc(Cl)cc2)CC1)c1ccccc1. The van der Waals surface area contributed by atoms with Crippen LogP contribution < -0.4 is 4.72 Å². The zero-order valence-corrected chi connectivity index (χ0v) is 16.9. The van der Waals surface area contributed by atoms with E-state index in [0.29, 0.717) is 11.4 Å². The summed E-state index contributed by atoms with van der Waals surface area (Å²) >= 11 is 5.95. The molecule has 7 heteroatoms. The van der Waals surface area contributed by atoms with Crippen LogP contribution in [0.1, 0.15) is 12.0 Å². The molecular weight excluding hydrogens is 382 g/mol. The second-order valence-corrected chi connectivity index (χ2v) is 9.01. The first kappa shape index (κ1) is 20.3. The van der Waals surface area contributed by atoms with Gasteiger partial charge in [-0.1, -0.05) is 41.9 Å². The molecule has 3 rings (SSSR count). The molecule has 0 radical (unpaired) electrons. The van der Waals surface area contributed by atoms with Gasteiger partial charge in [0.2, 0.25) is 10.0 Å². The van der Waals surface area contributed by atoms with Crippen LogP contribution in [0.5, 0.6) is 0 Å². The average Bonchev–Trinajstić information content (AvgIpc) is 2.89. The van der Waals surface area contributed by atoms with E-state index in [1.807, 2.05) is 18.2 Å². The van der Waals surface area contributed by atoms with Crippen molar-refractivity contribution in [3.8, 4) is 0 Å². The molecule has 0 amide bonds. The van der Waals surface area contributed by atoms with E-state index in [0.717, 1.165) is 50.7 Å². The van der Waals surface area contributed by atoms with Gasteiger partial charge in [-0.25, -0.2) is 13.1 Å². The zero-order valence-electron chi connectivity index (χ0n) is 15.4. The Morgan fingerprint density at radius 3 is 2.30 bits per heavy atom. The molecule has 1 fully saturated rings. The fraction of sp³-hybridized carbons (Fsp3) is 0.400. The lowest BCUT2D eigenvalue weighted by Crippen LogP contribution is -2.37. The van der Waals surface area contributed by atoms with E-state index in [1.165, 1.54) is 5.56 Å². The van der Waals surface area contributed by atoms with Crippen LogP contribution in [0.4, 0.5) is 0 Å². The third-order valence-electron chi connectivity index (χ3n) is 4.77. The van der Waals surface area contributed by atoms with E-state index in [4.69, 9.17) is 11.6 Å². The molecule has 0 atom stereocenters. The summed E-state index contributed by atoms with van der Waals surface area (Å²) in [6.45, 7) is 6.04. The Hall–Kier alpha value is -1.44. The molecule has 0 spiro atoms. The van der Waals surface area contributed by atoms with Crippen molar-refractivity contribution in [1.29, 1.82) is 0 Å². The average molecular weight is 408 g/mol. The minimum atomic E-state index is -3.42. The highest BCUT2D eigenvalue weighted by Gasteiger charge is 2.17. The summed E-state index contributed by atoms with van der Waals surface area (Å²) in [7, 11) is -3.42. The van der Waals surface area contributed by atoms with Gasteiger partial charge in [-0.15, -0.1) is 0 Å². The van der Waals surface area contributed by atoms with Gasteiger partial charge in [0.15, 0.2) is 0 Å². The van der Waals surface area contributed by atoms with E-state index >= 15 is 0 Å². The van der Waals surface area contributed by atoms with Crippen LogP contribution in [-0.2, 0) is 16.6 Å². The first-order chi connectivity index (χ1) is 13.0. The molecule has 27 heavy (non-hydrogen) atoms. The van der Waals surface area contributed by atoms with Gasteiger partial charge in [0.25, 0.3) is 0 Å². The predicted octanol–water partition coefficient (Wildman–Crippen LogP) is 2.83. The molecule has 1 aliphatic rings. The quantitative estimate of drug-likeness (QED) is 0.766. The third-order valence-corrected chi connectivity index (χ3v) is 6.50. The summed E-state index contributed by atoms with van der Waals surface area (Å²) in [5.74, 6) is 0. The van der Waals surface area contributed by atoms with Crippen molar-refractivity contribution in [2.24, 2.45) is 0 Å². The molecule has 2 aromatic carbocycles. The summed E-state index contributed by atoms with van der Waals surface area (Å²) in [5.41, 5.74) is 1.27. The molecule has 1 saturated heterocycles. The van der Waals surface area contributed by atoms with Gasteiger partial charge in [-0.3, -0.25) is 4.90 Å². The van der Waals surface area contributed by atoms with E-state index in [-0.39, 0.29) is 0 Å². The molecule has 1 aliphatic heterocycles. The van der Waals surface area contributed by atoms with Crippen LogP contribution in [0, 0.1) is 0 Å². The molecule has 0 saturated carbocycles. The van der Waals surface area contributed by atoms with Crippen molar-refractivity contribution < 1.29 is 8.42 Å². The van der Waals surface area contributed by atoms with Crippen molar-refractivity contribution in [3.63, 3.8) is 0 Å². The Morgan fingerprint density at radius 2 is 1.56 bits per heavy atom. The summed E-state index contributed by atoms with van der Waals surface area (Å²) in [4.78, 5) is 5.09. The molecule has 0 unspecified atom stereocenters. The van der Waals surface area contributed by atoms with Crippen LogP contribution in [-0.4, -0.2) is 57.5 Å². The van der Waals surface area contributed by atoms with Crippen molar-refractivity contribution in [3.05, 3.63) is 65.2 Å². The number of sulfonamides is 1. The minimum Gasteiger partial charge on any atom is -0.301 e. The molecular formula is C20H26ClN3O2S. The molecule has 2 aromatic rings. The number of hydrogen-bond donors (Lipinski definition) is 1. The molecule has 1 heterocycles. The summed E-state index contributed by atoms with van der Waals surface area (Å²) in [6.07, 6.45) is 1.08. The van der Waals surface area contributed by atoms with Crippen molar-refractivity contribution >= 4 is 21.6 Å². The molecule has 0 aliphatic carbocycles. The smallest absolute Gasteiger partial charge is 0.240 e. The lowest BCUT2D eigenvalue weighted by molar-refractivity contribution is 0.253. The standard InChI is InChI=1S/C20H26ClN3O2S/c21-19-9-7-18(8-10-19)17-24-13-4-12-23(15-16-24)14-11-22-27(25,26)20-5-2-1-3-6-20/h1-3,5-10,22H,4,11-17H2. The van der Waals surface area contributed by atoms with Crippen LogP contribution in [0.2, 0.25) is 5.02 Å². The normalized spacial score (nSPS) is 16.9. The van der Waals surface area contributed by atoms with Gasteiger partial charge in [0.1, 0.15) is 0 Å². The molecule has 0 aromatic heterocycles. The van der Waals surface area contributed by atoms with Gasteiger partial charge in [0.05, 0.1) is 4.90 Å². The highest BCUT2D eigenvalue weighted by Crippen LogP contribution is 2.13. The van der Waals surface area contributed by atoms with Gasteiger partial charge < -0.3 is 4.90 Å². The minimum absolute atomic E-state index is 0.315. The zero-order chi connectivity index (χ0) is 19.1. The summed E-state index contributed by atoms with van der Waals surface area (Å²) < 4.78 is 27.3. The van der Waals surface area contributed by atoms with Gasteiger partial charge in [0, 0.05) is 37.7 Å². The molecule has 146 valence electrons. The monoisotopic (exact) mass is 407 g/mol. The van der Waals surface area contributed by atoms with Gasteiger partial charge >= 0.3 is 0 Å². The topological polar surface area (TPSA) is 52.7 Å². The van der Waals surface area contributed by atoms with E-state index in [1.54, 1.807) is 24.3 Å². The summed E-state index contributed by atoms with van der Waals surface area (Å²) in [5, 5.41) is 0.763. The van der Waals surface area contributed by atoms with E-state index < -0.39 is 10.0 Å². The lowest BCUT2D eigenvalue weighted by atomic mass is 10.2. The van der Waals surface area contributed by atoms with E-state index in [2.05, 4.69) is 26.7 Å². The Bertz CT molecular complexity index is 813. The van der Waals surface area contributed by atoms with Crippen LogP contribution in [0.3, 0.4) is 0 Å². The van der Waals surface area contributed by atoms with Crippen molar-refractivity contribution in [2.45, 2.75) is 17.9 Å². The number of benzene rings is 2. The van der Waals surface area contributed by atoms with Crippen LogP contribution >= 0.6 is 11.6 Å². The Morgan fingerprint density at radius 1 is 0.889 bits per heavy atom. The van der Waals surface area contributed by atoms with Gasteiger partial charge in [-0.2, -0.15) is 0 Å². The third kappa shape index (κ3) is 6.30. The number of rotatable bonds is 7. The molecule has 1 N–H and O–H groups in total. The fourth-order valence-electron chi connectivity index (χ4n) is 3.28. The highest BCUT2D eigenvalue weighted by atomic mass is 35.5. The highest BCUT2D eigenvalue weighted by molar-refractivity contribution is 7.89. The Kier molecular flexibility index (Phi) is 7.26.